The second-order valence-electron chi connectivity index (χ2n) is 3.65. The summed E-state index contributed by atoms with van der Waals surface area (Å²) in [5, 5.41) is 0. The largest absolute Gasteiger partial charge is 0.480 e. The lowest BCUT2D eigenvalue weighted by molar-refractivity contribution is 0.372. The quantitative estimate of drug-likeness (QED) is 0.749. The number of hydrogen-bond acceptors (Lipinski definition) is 1. The Morgan fingerprint density at radius 3 is 2.39 bits per heavy atom. The van der Waals surface area contributed by atoms with Crippen LogP contribution >= 0.6 is 0 Å². The van der Waals surface area contributed by atoms with Crippen molar-refractivity contribution in [2.24, 2.45) is 0 Å². The zero-order valence-corrected chi connectivity index (χ0v) is 9.49. The molecule has 0 heterocycles. The van der Waals surface area contributed by atoms with Gasteiger partial charge in [-0.15, -0.1) is 6.42 Å². The molecule has 0 unspecified atom stereocenters. The van der Waals surface area contributed by atoms with Crippen LogP contribution in [0.15, 0.2) is 42.5 Å². The van der Waals surface area contributed by atoms with E-state index in [-0.39, 0.29) is 6.61 Å². The predicted molar refractivity (Wildman–Crippen MR) is 66.1 cm³/mol. The van der Waals surface area contributed by atoms with Crippen LogP contribution in [0.1, 0.15) is 0 Å². The molecule has 1 nitrogen and oxygen atoms in total. The van der Waals surface area contributed by atoms with Crippen LogP contribution in [0, 0.1) is 24.0 Å². The molecule has 0 aliphatic rings. The molecule has 0 aliphatic heterocycles. The summed E-state index contributed by atoms with van der Waals surface area (Å²) in [5.41, 5.74) is 1.02. The van der Waals surface area contributed by atoms with Crippen LogP contribution in [0.4, 0.5) is 8.78 Å². The van der Waals surface area contributed by atoms with E-state index in [2.05, 4.69) is 5.92 Å². The van der Waals surface area contributed by atoms with E-state index in [1.54, 1.807) is 24.3 Å². The normalized spacial score (nSPS) is 9.83. The first-order valence-corrected chi connectivity index (χ1v) is 5.32. The molecule has 0 atom stereocenters. The van der Waals surface area contributed by atoms with Gasteiger partial charge in [0.25, 0.3) is 0 Å². The van der Waals surface area contributed by atoms with Gasteiger partial charge in [0.15, 0.2) is 0 Å². The molecular weight excluding hydrogens is 234 g/mol. The summed E-state index contributed by atoms with van der Waals surface area (Å²) in [6.07, 6.45) is 5.12. The maximum atomic E-state index is 13.2. The van der Waals surface area contributed by atoms with Gasteiger partial charge in [0.1, 0.15) is 24.0 Å². The van der Waals surface area contributed by atoms with Crippen LogP contribution in [0.25, 0.3) is 11.1 Å². The average molecular weight is 244 g/mol. The Morgan fingerprint density at radius 2 is 1.72 bits per heavy atom. The highest BCUT2D eigenvalue weighted by Gasteiger charge is 2.08. The van der Waals surface area contributed by atoms with E-state index < -0.39 is 11.6 Å². The second-order valence-corrected chi connectivity index (χ2v) is 3.65. The van der Waals surface area contributed by atoms with Crippen molar-refractivity contribution in [3.8, 4) is 29.2 Å². The molecule has 18 heavy (non-hydrogen) atoms. The SMILES string of the molecule is C#CCOc1ccccc1-c1cc(F)cc(F)c1. The molecule has 0 amide bonds. The molecule has 0 saturated carbocycles. The summed E-state index contributed by atoms with van der Waals surface area (Å²) in [6, 6.07) is 10.3. The minimum atomic E-state index is -0.628. The van der Waals surface area contributed by atoms with Crippen molar-refractivity contribution in [2.45, 2.75) is 0 Å². The molecule has 2 aromatic carbocycles. The zero-order chi connectivity index (χ0) is 13.0. The Morgan fingerprint density at radius 1 is 1.06 bits per heavy atom. The number of halogens is 2. The van der Waals surface area contributed by atoms with Crippen LogP contribution in [0.5, 0.6) is 5.75 Å². The number of benzene rings is 2. The smallest absolute Gasteiger partial charge is 0.148 e. The molecule has 0 radical (unpaired) electrons. The van der Waals surface area contributed by atoms with Crippen molar-refractivity contribution in [3.05, 3.63) is 54.1 Å². The summed E-state index contributed by atoms with van der Waals surface area (Å²) >= 11 is 0. The maximum Gasteiger partial charge on any atom is 0.148 e. The molecule has 0 saturated heterocycles. The van der Waals surface area contributed by atoms with Gasteiger partial charge in [-0.3, -0.25) is 0 Å². The molecule has 90 valence electrons. The molecule has 2 rings (SSSR count). The van der Waals surface area contributed by atoms with Crippen LogP contribution in [-0.2, 0) is 0 Å². The van der Waals surface area contributed by atoms with Gasteiger partial charge < -0.3 is 4.74 Å². The number of rotatable bonds is 3. The van der Waals surface area contributed by atoms with Crippen LogP contribution < -0.4 is 4.74 Å². The summed E-state index contributed by atoms with van der Waals surface area (Å²) in [7, 11) is 0. The van der Waals surface area contributed by atoms with E-state index in [1.807, 2.05) is 0 Å². The lowest BCUT2D eigenvalue weighted by Crippen LogP contribution is -1.96. The van der Waals surface area contributed by atoms with Gasteiger partial charge in [-0.1, -0.05) is 24.1 Å². The van der Waals surface area contributed by atoms with E-state index in [1.165, 1.54) is 12.1 Å². The first-order valence-electron chi connectivity index (χ1n) is 5.32. The van der Waals surface area contributed by atoms with Crippen molar-refractivity contribution in [3.63, 3.8) is 0 Å². The fourth-order valence-electron chi connectivity index (χ4n) is 1.66. The van der Waals surface area contributed by atoms with Crippen molar-refractivity contribution in [1.29, 1.82) is 0 Å². The molecule has 0 aromatic heterocycles. The van der Waals surface area contributed by atoms with Crippen molar-refractivity contribution >= 4 is 0 Å². The Balaban J connectivity index is 2.46. The summed E-state index contributed by atoms with van der Waals surface area (Å²) in [4.78, 5) is 0. The molecule has 0 aliphatic carbocycles. The van der Waals surface area contributed by atoms with E-state index >= 15 is 0 Å². The standard InChI is InChI=1S/C15H10F2O/c1-2-7-18-15-6-4-3-5-14(15)11-8-12(16)10-13(17)9-11/h1,3-6,8-10H,7H2. The Bertz CT molecular complexity index is 579. The second kappa shape index (κ2) is 5.33. The molecule has 0 fully saturated rings. The van der Waals surface area contributed by atoms with E-state index in [0.29, 0.717) is 16.9 Å². The van der Waals surface area contributed by atoms with Gasteiger partial charge >= 0.3 is 0 Å². The minimum Gasteiger partial charge on any atom is -0.480 e. The molecule has 2 aromatic rings. The van der Waals surface area contributed by atoms with Gasteiger partial charge in [-0.25, -0.2) is 8.78 Å². The number of ether oxygens (including phenoxy) is 1. The van der Waals surface area contributed by atoms with Crippen LogP contribution in [0.3, 0.4) is 0 Å². The van der Waals surface area contributed by atoms with E-state index in [9.17, 15) is 8.78 Å². The van der Waals surface area contributed by atoms with Gasteiger partial charge in [0, 0.05) is 11.6 Å². The molecule has 0 spiro atoms. The third-order valence-electron chi connectivity index (χ3n) is 2.37. The molecule has 3 heteroatoms. The Labute approximate surface area is 104 Å². The van der Waals surface area contributed by atoms with Crippen LogP contribution in [0.2, 0.25) is 0 Å². The lowest BCUT2D eigenvalue weighted by atomic mass is 10.0. The van der Waals surface area contributed by atoms with Gasteiger partial charge in [-0.05, 0) is 23.8 Å². The summed E-state index contributed by atoms with van der Waals surface area (Å²) < 4.78 is 31.7. The molecule has 0 bridgehead atoms. The fraction of sp³-hybridized carbons (Fsp3) is 0.0667. The first kappa shape index (κ1) is 12.1. The Hall–Kier alpha value is -2.34. The predicted octanol–water partition coefficient (Wildman–Crippen LogP) is 3.64. The summed E-state index contributed by atoms with van der Waals surface area (Å²) in [5.74, 6) is 1.59. The van der Waals surface area contributed by atoms with E-state index in [4.69, 9.17) is 11.2 Å². The number of terminal acetylenes is 1. The van der Waals surface area contributed by atoms with Gasteiger partial charge in [-0.2, -0.15) is 0 Å². The third kappa shape index (κ3) is 2.67. The lowest BCUT2D eigenvalue weighted by Gasteiger charge is -2.09. The summed E-state index contributed by atoms with van der Waals surface area (Å²) in [6.45, 7) is 0.106. The fourth-order valence-corrected chi connectivity index (χ4v) is 1.66. The maximum absolute atomic E-state index is 13.2. The molecule has 0 N–H and O–H groups in total. The Kier molecular flexibility index (Phi) is 3.59. The van der Waals surface area contributed by atoms with E-state index in [0.717, 1.165) is 6.07 Å². The van der Waals surface area contributed by atoms with Gasteiger partial charge in [0.2, 0.25) is 0 Å². The topological polar surface area (TPSA) is 9.23 Å². The highest BCUT2D eigenvalue weighted by molar-refractivity contribution is 5.70. The zero-order valence-electron chi connectivity index (χ0n) is 9.49. The van der Waals surface area contributed by atoms with Crippen molar-refractivity contribution in [1.82, 2.24) is 0 Å². The monoisotopic (exact) mass is 244 g/mol. The average Bonchev–Trinajstić information content (AvgIpc) is 2.35. The highest BCUT2D eigenvalue weighted by atomic mass is 19.1. The first-order chi connectivity index (χ1) is 8.70. The van der Waals surface area contributed by atoms with Crippen molar-refractivity contribution < 1.29 is 13.5 Å². The third-order valence-corrected chi connectivity index (χ3v) is 2.37. The minimum absolute atomic E-state index is 0.106. The number of para-hydroxylation sites is 1. The van der Waals surface area contributed by atoms with Crippen LogP contribution in [-0.4, -0.2) is 6.61 Å². The van der Waals surface area contributed by atoms with Gasteiger partial charge in [0.05, 0.1) is 0 Å². The number of hydrogen-bond donors (Lipinski definition) is 0. The highest BCUT2D eigenvalue weighted by Crippen LogP contribution is 2.30. The van der Waals surface area contributed by atoms with Crippen molar-refractivity contribution in [2.75, 3.05) is 6.61 Å². The molecular formula is C15H10F2O.